The molecule has 0 saturated heterocycles. The fourth-order valence-corrected chi connectivity index (χ4v) is 2.79. The van der Waals surface area contributed by atoms with Gasteiger partial charge in [-0.2, -0.15) is 0 Å². The van der Waals surface area contributed by atoms with E-state index in [1.807, 2.05) is 19.1 Å². The number of hydrogen-bond donors (Lipinski definition) is 0. The molecule has 0 aromatic heterocycles. The van der Waals surface area contributed by atoms with Gasteiger partial charge in [0.15, 0.2) is 12.7 Å². The Morgan fingerprint density at radius 2 is 1.70 bits per heavy atom. The Labute approximate surface area is 165 Å². The fourth-order valence-electron chi connectivity index (χ4n) is 2.57. The van der Waals surface area contributed by atoms with Crippen molar-refractivity contribution in [2.24, 2.45) is 0 Å². The van der Waals surface area contributed by atoms with Crippen LogP contribution in [-0.2, 0) is 14.9 Å². The van der Waals surface area contributed by atoms with Gasteiger partial charge in [0.1, 0.15) is 5.75 Å². The third-order valence-corrected chi connectivity index (χ3v) is 4.43. The first kappa shape index (κ1) is 21.0. The van der Waals surface area contributed by atoms with Crippen molar-refractivity contribution >= 4 is 23.4 Å². The lowest BCUT2D eigenvalue weighted by Gasteiger charge is -2.19. The first-order chi connectivity index (χ1) is 12.6. The normalized spacial score (nSPS) is 12.4. The maximum atomic E-state index is 12.5. The maximum Gasteiger partial charge on any atom is 0.344 e. The highest BCUT2D eigenvalue weighted by Crippen LogP contribution is 2.23. The van der Waals surface area contributed by atoms with E-state index in [1.54, 1.807) is 37.3 Å². The topological polar surface area (TPSA) is 52.6 Å². The number of ketones is 1. The van der Waals surface area contributed by atoms with E-state index in [-0.39, 0.29) is 17.8 Å². The highest BCUT2D eigenvalue weighted by molar-refractivity contribution is 6.30. The van der Waals surface area contributed by atoms with Crippen molar-refractivity contribution in [1.82, 2.24) is 0 Å². The van der Waals surface area contributed by atoms with E-state index in [9.17, 15) is 9.59 Å². The van der Waals surface area contributed by atoms with E-state index in [2.05, 4.69) is 20.8 Å². The Bertz CT molecular complexity index is 819. The van der Waals surface area contributed by atoms with Crippen molar-refractivity contribution in [3.8, 4) is 5.75 Å². The Morgan fingerprint density at radius 3 is 2.26 bits per heavy atom. The monoisotopic (exact) mass is 388 g/mol. The average molecular weight is 389 g/mol. The van der Waals surface area contributed by atoms with E-state index >= 15 is 0 Å². The zero-order valence-corrected chi connectivity index (χ0v) is 17.1. The summed E-state index contributed by atoms with van der Waals surface area (Å²) in [6.45, 7) is 9.44. The summed E-state index contributed by atoms with van der Waals surface area (Å²) in [5.41, 5.74) is 2.48. The lowest BCUT2D eigenvalue weighted by atomic mass is 9.86. The second-order valence-corrected chi connectivity index (χ2v) is 7.96. The number of halogens is 1. The van der Waals surface area contributed by atoms with Crippen molar-refractivity contribution in [1.29, 1.82) is 0 Å². The number of carbonyl (C=O) groups excluding carboxylic acids is 2. The Morgan fingerprint density at radius 1 is 1.07 bits per heavy atom. The van der Waals surface area contributed by atoms with Crippen molar-refractivity contribution in [2.45, 2.75) is 46.1 Å². The Balaban J connectivity index is 1.92. The smallest absolute Gasteiger partial charge is 0.344 e. The van der Waals surface area contributed by atoms with Gasteiger partial charge in [0, 0.05) is 10.6 Å². The van der Waals surface area contributed by atoms with Crippen molar-refractivity contribution in [3.63, 3.8) is 0 Å². The number of ether oxygens (including phenoxy) is 2. The number of rotatable bonds is 6. The van der Waals surface area contributed by atoms with Gasteiger partial charge in [-0.3, -0.25) is 4.79 Å². The van der Waals surface area contributed by atoms with E-state index in [1.165, 1.54) is 0 Å². The second kappa shape index (κ2) is 8.57. The molecule has 1 atom stereocenters. The quantitative estimate of drug-likeness (QED) is 0.508. The highest BCUT2D eigenvalue weighted by atomic mass is 35.5. The van der Waals surface area contributed by atoms with Gasteiger partial charge >= 0.3 is 5.97 Å². The first-order valence-electron chi connectivity index (χ1n) is 8.81. The van der Waals surface area contributed by atoms with Gasteiger partial charge < -0.3 is 9.47 Å². The van der Waals surface area contributed by atoms with Gasteiger partial charge in [-0.05, 0) is 48.6 Å². The molecule has 27 heavy (non-hydrogen) atoms. The summed E-state index contributed by atoms with van der Waals surface area (Å²) in [4.78, 5) is 24.5. The molecule has 0 radical (unpaired) electrons. The standard InChI is InChI=1S/C22H25ClO4/c1-14-12-18(23)10-11-19(14)26-13-20(24)27-15(2)21(25)16-6-8-17(9-7-16)22(3,4)5/h6-12,15H,13H2,1-5H3/t15-/m0/s1. The number of aryl methyl sites for hydroxylation is 1. The SMILES string of the molecule is Cc1cc(Cl)ccc1OCC(=O)O[C@@H](C)C(=O)c1ccc(C(C)(C)C)cc1. The summed E-state index contributed by atoms with van der Waals surface area (Å²) in [6, 6.07) is 12.5. The van der Waals surface area contributed by atoms with Gasteiger partial charge in [-0.1, -0.05) is 56.6 Å². The molecular formula is C22H25ClO4. The summed E-state index contributed by atoms with van der Waals surface area (Å²) in [7, 11) is 0. The summed E-state index contributed by atoms with van der Waals surface area (Å²) >= 11 is 5.89. The number of esters is 1. The molecule has 2 aromatic rings. The lowest BCUT2D eigenvalue weighted by molar-refractivity contribution is -0.148. The Kier molecular flexibility index (Phi) is 6.66. The molecule has 0 unspecified atom stereocenters. The molecular weight excluding hydrogens is 364 g/mol. The van der Waals surface area contributed by atoms with Crippen LogP contribution in [0.25, 0.3) is 0 Å². The number of hydrogen-bond acceptors (Lipinski definition) is 4. The van der Waals surface area contributed by atoms with E-state index in [0.29, 0.717) is 16.3 Å². The molecule has 5 heteroatoms. The predicted octanol–water partition coefficient (Wildman–Crippen LogP) is 5.14. The number of Topliss-reactive ketones (excluding diaryl/α,β-unsaturated/α-hetero) is 1. The van der Waals surface area contributed by atoms with Gasteiger partial charge in [-0.25, -0.2) is 4.79 Å². The molecule has 0 bridgehead atoms. The molecule has 0 fully saturated rings. The molecule has 0 amide bonds. The van der Waals surface area contributed by atoms with Crippen LogP contribution in [0.4, 0.5) is 0 Å². The van der Waals surface area contributed by atoms with Crippen LogP contribution in [0.15, 0.2) is 42.5 Å². The van der Waals surface area contributed by atoms with Gasteiger partial charge in [0.25, 0.3) is 0 Å². The Hall–Kier alpha value is -2.33. The van der Waals surface area contributed by atoms with Crippen molar-refractivity contribution in [3.05, 3.63) is 64.2 Å². The molecule has 0 heterocycles. The van der Waals surface area contributed by atoms with Crippen LogP contribution in [-0.4, -0.2) is 24.5 Å². The maximum absolute atomic E-state index is 12.5. The highest BCUT2D eigenvalue weighted by Gasteiger charge is 2.21. The number of benzene rings is 2. The average Bonchev–Trinajstić information content (AvgIpc) is 2.59. The van der Waals surface area contributed by atoms with Crippen LogP contribution in [0.3, 0.4) is 0 Å². The second-order valence-electron chi connectivity index (χ2n) is 7.52. The molecule has 0 aliphatic rings. The van der Waals surface area contributed by atoms with Crippen molar-refractivity contribution in [2.75, 3.05) is 6.61 Å². The van der Waals surface area contributed by atoms with Gasteiger partial charge in [-0.15, -0.1) is 0 Å². The first-order valence-corrected chi connectivity index (χ1v) is 9.19. The molecule has 4 nitrogen and oxygen atoms in total. The molecule has 0 spiro atoms. The third kappa shape index (κ3) is 5.83. The van der Waals surface area contributed by atoms with E-state index in [0.717, 1.165) is 11.1 Å². The van der Waals surface area contributed by atoms with Gasteiger partial charge in [0.05, 0.1) is 0 Å². The summed E-state index contributed by atoms with van der Waals surface area (Å²) in [5.74, 6) is -0.295. The minimum absolute atomic E-state index is 0.0107. The predicted molar refractivity (Wildman–Crippen MR) is 107 cm³/mol. The third-order valence-electron chi connectivity index (χ3n) is 4.20. The zero-order chi connectivity index (χ0) is 20.2. The lowest BCUT2D eigenvalue weighted by Crippen LogP contribution is -2.27. The molecule has 0 saturated carbocycles. The summed E-state index contributed by atoms with van der Waals surface area (Å²) in [5, 5.41) is 0.596. The fraction of sp³-hybridized carbons (Fsp3) is 0.364. The minimum Gasteiger partial charge on any atom is -0.482 e. The largest absolute Gasteiger partial charge is 0.482 e. The van der Waals surface area contributed by atoms with Crippen LogP contribution >= 0.6 is 11.6 Å². The molecule has 0 aliphatic carbocycles. The van der Waals surface area contributed by atoms with Crippen LogP contribution in [0.5, 0.6) is 5.75 Å². The number of carbonyl (C=O) groups is 2. The molecule has 144 valence electrons. The molecule has 2 rings (SSSR count). The molecule has 0 N–H and O–H groups in total. The zero-order valence-electron chi connectivity index (χ0n) is 16.3. The summed E-state index contributed by atoms with van der Waals surface area (Å²) < 4.78 is 10.7. The van der Waals surface area contributed by atoms with Crippen LogP contribution in [0.1, 0.15) is 49.2 Å². The summed E-state index contributed by atoms with van der Waals surface area (Å²) in [6.07, 6.45) is -0.882. The van der Waals surface area contributed by atoms with Crippen LogP contribution in [0, 0.1) is 6.92 Å². The molecule has 0 aliphatic heterocycles. The van der Waals surface area contributed by atoms with Crippen molar-refractivity contribution < 1.29 is 19.1 Å². The minimum atomic E-state index is -0.882. The van der Waals surface area contributed by atoms with Gasteiger partial charge in [0.2, 0.25) is 5.78 Å². The van der Waals surface area contributed by atoms with Crippen LogP contribution in [0.2, 0.25) is 5.02 Å². The molecule has 2 aromatic carbocycles. The van der Waals surface area contributed by atoms with Crippen LogP contribution < -0.4 is 4.74 Å². The van der Waals surface area contributed by atoms with E-state index in [4.69, 9.17) is 21.1 Å². The van der Waals surface area contributed by atoms with E-state index < -0.39 is 12.1 Å².